The first-order valence-corrected chi connectivity index (χ1v) is 6.82. The number of halogens is 5. The van der Waals surface area contributed by atoms with Gasteiger partial charge in [-0.2, -0.15) is 13.2 Å². The van der Waals surface area contributed by atoms with Crippen LogP contribution in [0.15, 0.2) is 32.0 Å². The lowest BCUT2D eigenvalue weighted by Crippen LogP contribution is -2.04. The molecule has 0 fully saturated rings. The average Bonchev–Trinajstić information content (AvgIpc) is 2.63. The maximum absolute atomic E-state index is 12.6. The highest BCUT2D eigenvalue weighted by molar-refractivity contribution is 9.11. The average molecular weight is 387 g/mol. The largest absolute Gasteiger partial charge is 0.416 e. The van der Waals surface area contributed by atoms with E-state index in [0.717, 1.165) is 12.1 Å². The molecule has 17 heavy (non-hydrogen) atoms. The molecule has 1 aromatic heterocycles. The van der Waals surface area contributed by atoms with E-state index in [9.17, 15) is 13.2 Å². The van der Waals surface area contributed by atoms with Crippen LogP contribution in [0.1, 0.15) is 5.56 Å². The minimum atomic E-state index is -4.34. The third kappa shape index (κ3) is 2.89. The van der Waals surface area contributed by atoms with Crippen molar-refractivity contribution in [3.8, 4) is 11.3 Å². The summed E-state index contributed by atoms with van der Waals surface area (Å²) in [4.78, 5) is 4.10. The van der Waals surface area contributed by atoms with E-state index < -0.39 is 11.7 Å². The summed E-state index contributed by atoms with van der Waals surface area (Å²) < 4.78 is 39.0. The smallest absolute Gasteiger partial charge is 0.229 e. The van der Waals surface area contributed by atoms with Crippen molar-refractivity contribution in [2.24, 2.45) is 0 Å². The molecule has 0 radical (unpaired) electrons. The van der Waals surface area contributed by atoms with Crippen LogP contribution < -0.4 is 0 Å². The second-order valence-electron chi connectivity index (χ2n) is 3.18. The molecular weight excluding hydrogens is 383 g/mol. The monoisotopic (exact) mass is 385 g/mol. The van der Waals surface area contributed by atoms with Crippen LogP contribution >= 0.6 is 43.2 Å². The molecule has 0 aliphatic heterocycles. The third-order valence-corrected chi connectivity index (χ3v) is 4.10. The van der Waals surface area contributed by atoms with E-state index in [1.165, 1.54) is 17.4 Å². The molecule has 2 rings (SSSR count). The number of benzene rings is 1. The second-order valence-corrected chi connectivity index (χ2v) is 6.17. The Bertz CT molecular complexity index is 551. The van der Waals surface area contributed by atoms with Crippen LogP contribution in [0.5, 0.6) is 0 Å². The summed E-state index contributed by atoms with van der Waals surface area (Å²) in [6, 6.07) is 3.51. The van der Waals surface area contributed by atoms with E-state index in [4.69, 9.17) is 0 Å². The van der Waals surface area contributed by atoms with Gasteiger partial charge in [0.25, 0.3) is 0 Å². The predicted octanol–water partition coefficient (Wildman–Crippen LogP) is 5.35. The van der Waals surface area contributed by atoms with Crippen molar-refractivity contribution in [3.05, 3.63) is 37.5 Å². The molecule has 0 spiro atoms. The van der Waals surface area contributed by atoms with Crippen LogP contribution in [-0.2, 0) is 6.18 Å². The summed E-state index contributed by atoms with van der Waals surface area (Å²) >= 11 is 7.73. The standard InChI is InChI=1S/C10H4Br2F3NS/c11-7-2-1-5(10(13,14)15)3-6(7)8-4-17-9(12)16-8/h1-4H. The molecule has 0 aliphatic rings. The molecule has 1 heterocycles. The van der Waals surface area contributed by atoms with E-state index >= 15 is 0 Å². The second kappa shape index (κ2) is 4.70. The van der Waals surface area contributed by atoms with Gasteiger partial charge in [0, 0.05) is 15.4 Å². The quantitative estimate of drug-likeness (QED) is 0.643. The van der Waals surface area contributed by atoms with Crippen molar-refractivity contribution >= 4 is 43.2 Å². The van der Waals surface area contributed by atoms with Gasteiger partial charge in [-0.3, -0.25) is 0 Å². The van der Waals surface area contributed by atoms with E-state index in [1.807, 2.05) is 0 Å². The van der Waals surface area contributed by atoms with Crippen LogP contribution in [0.4, 0.5) is 13.2 Å². The Morgan fingerprint density at radius 2 is 1.88 bits per heavy atom. The van der Waals surface area contributed by atoms with Gasteiger partial charge >= 0.3 is 6.18 Å². The van der Waals surface area contributed by atoms with Gasteiger partial charge in [0.1, 0.15) is 0 Å². The number of rotatable bonds is 1. The summed E-state index contributed by atoms with van der Waals surface area (Å²) in [5.74, 6) is 0. The van der Waals surface area contributed by atoms with E-state index in [0.29, 0.717) is 19.6 Å². The van der Waals surface area contributed by atoms with Crippen LogP contribution in [0.3, 0.4) is 0 Å². The van der Waals surface area contributed by atoms with Crippen molar-refractivity contribution in [1.82, 2.24) is 4.98 Å². The molecule has 0 aliphatic carbocycles. The summed E-state index contributed by atoms with van der Waals surface area (Å²) in [5, 5.41) is 1.70. The Balaban J connectivity index is 2.54. The number of hydrogen-bond acceptors (Lipinski definition) is 2. The van der Waals surface area contributed by atoms with Gasteiger partial charge < -0.3 is 0 Å². The van der Waals surface area contributed by atoms with E-state index in [2.05, 4.69) is 36.8 Å². The number of hydrogen-bond donors (Lipinski definition) is 0. The molecule has 0 saturated heterocycles. The Morgan fingerprint density at radius 3 is 2.41 bits per heavy atom. The third-order valence-electron chi connectivity index (χ3n) is 2.05. The molecular formula is C10H4Br2F3NS. The first kappa shape index (κ1) is 13.0. The molecule has 90 valence electrons. The van der Waals surface area contributed by atoms with Gasteiger partial charge in [-0.15, -0.1) is 11.3 Å². The normalized spacial score (nSPS) is 11.8. The molecule has 1 aromatic carbocycles. The molecule has 0 N–H and O–H groups in total. The lowest BCUT2D eigenvalue weighted by Gasteiger charge is -2.09. The number of aromatic nitrogens is 1. The zero-order chi connectivity index (χ0) is 12.6. The highest BCUT2D eigenvalue weighted by Gasteiger charge is 2.31. The minimum Gasteiger partial charge on any atom is -0.229 e. The maximum atomic E-state index is 12.6. The lowest BCUT2D eigenvalue weighted by atomic mass is 10.1. The molecule has 0 unspecified atom stereocenters. The number of thiazole rings is 1. The van der Waals surface area contributed by atoms with Crippen molar-refractivity contribution in [2.75, 3.05) is 0 Å². The first-order valence-electron chi connectivity index (χ1n) is 4.36. The van der Waals surface area contributed by atoms with Crippen molar-refractivity contribution < 1.29 is 13.2 Å². The Hall–Kier alpha value is -0.400. The van der Waals surface area contributed by atoms with E-state index in [-0.39, 0.29) is 0 Å². The first-order chi connectivity index (χ1) is 7.88. The van der Waals surface area contributed by atoms with Gasteiger partial charge in [0.15, 0.2) is 3.92 Å². The topological polar surface area (TPSA) is 12.9 Å². The maximum Gasteiger partial charge on any atom is 0.416 e. The highest BCUT2D eigenvalue weighted by atomic mass is 79.9. The molecule has 0 atom stereocenters. The fraction of sp³-hybridized carbons (Fsp3) is 0.100. The van der Waals surface area contributed by atoms with Crippen LogP contribution in [0.2, 0.25) is 0 Å². The van der Waals surface area contributed by atoms with Gasteiger partial charge in [0.05, 0.1) is 11.3 Å². The molecule has 2 aromatic rings. The summed E-state index contributed by atoms with van der Waals surface area (Å²) in [5.41, 5.74) is 0.265. The predicted molar refractivity (Wildman–Crippen MR) is 68.0 cm³/mol. The lowest BCUT2D eigenvalue weighted by molar-refractivity contribution is -0.137. The van der Waals surface area contributed by atoms with Gasteiger partial charge in [0.2, 0.25) is 0 Å². The summed E-state index contributed by atoms with van der Waals surface area (Å²) in [7, 11) is 0. The fourth-order valence-electron chi connectivity index (χ4n) is 1.27. The SMILES string of the molecule is FC(F)(F)c1ccc(Br)c(-c2csc(Br)n2)c1. The van der Waals surface area contributed by atoms with Crippen LogP contribution in [0, 0.1) is 0 Å². The van der Waals surface area contributed by atoms with Crippen LogP contribution in [-0.4, -0.2) is 4.98 Å². The zero-order valence-corrected chi connectivity index (χ0v) is 12.0. The van der Waals surface area contributed by atoms with Gasteiger partial charge in [-0.1, -0.05) is 15.9 Å². The Morgan fingerprint density at radius 1 is 1.18 bits per heavy atom. The molecule has 1 nitrogen and oxygen atoms in total. The van der Waals surface area contributed by atoms with Gasteiger partial charge in [-0.25, -0.2) is 4.98 Å². The van der Waals surface area contributed by atoms with Crippen molar-refractivity contribution in [3.63, 3.8) is 0 Å². The number of nitrogens with zero attached hydrogens (tertiary/aromatic N) is 1. The van der Waals surface area contributed by atoms with E-state index in [1.54, 1.807) is 5.38 Å². The minimum absolute atomic E-state index is 0.432. The summed E-state index contributed by atoms with van der Waals surface area (Å²) in [6.45, 7) is 0. The fourth-order valence-corrected chi connectivity index (χ4v) is 2.73. The zero-order valence-electron chi connectivity index (χ0n) is 8.05. The number of alkyl halides is 3. The van der Waals surface area contributed by atoms with Crippen molar-refractivity contribution in [1.29, 1.82) is 0 Å². The molecule has 7 heteroatoms. The highest BCUT2D eigenvalue weighted by Crippen LogP contribution is 2.36. The Kier molecular flexibility index (Phi) is 3.61. The van der Waals surface area contributed by atoms with Crippen molar-refractivity contribution in [2.45, 2.75) is 6.18 Å². The van der Waals surface area contributed by atoms with Gasteiger partial charge in [-0.05, 0) is 34.1 Å². The Labute approximate surface area is 116 Å². The molecule has 0 saturated carbocycles. The molecule has 0 bridgehead atoms. The molecule has 0 amide bonds. The summed E-state index contributed by atoms with van der Waals surface area (Å²) in [6.07, 6.45) is -4.34. The van der Waals surface area contributed by atoms with Crippen LogP contribution in [0.25, 0.3) is 11.3 Å².